The molecule has 0 spiro atoms. The maximum atomic E-state index is 11.6. The zero-order chi connectivity index (χ0) is 11.8. The van der Waals surface area contributed by atoms with Crippen molar-refractivity contribution in [2.24, 2.45) is 5.92 Å². The molecule has 16 heavy (non-hydrogen) atoms. The third-order valence-electron chi connectivity index (χ3n) is 3.57. The fourth-order valence-electron chi connectivity index (χ4n) is 2.61. The predicted molar refractivity (Wildman–Crippen MR) is 65.1 cm³/mol. The van der Waals surface area contributed by atoms with Crippen LogP contribution in [0.25, 0.3) is 0 Å². The monoisotopic (exact) mass is 227 g/mol. The number of amides is 1. The Morgan fingerprint density at radius 1 is 1.38 bits per heavy atom. The molecule has 3 heteroatoms. The van der Waals surface area contributed by atoms with Gasteiger partial charge in [-0.05, 0) is 31.6 Å². The maximum Gasteiger partial charge on any atom is 0.220 e. The van der Waals surface area contributed by atoms with Gasteiger partial charge in [-0.15, -0.1) is 0 Å². The summed E-state index contributed by atoms with van der Waals surface area (Å²) in [5.41, 5.74) is 0. The van der Waals surface area contributed by atoms with E-state index in [1.165, 1.54) is 32.1 Å². The van der Waals surface area contributed by atoms with Gasteiger partial charge in [0.15, 0.2) is 0 Å². The van der Waals surface area contributed by atoms with E-state index < -0.39 is 0 Å². The molecular weight excluding hydrogens is 202 g/mol. The van der Waals surface area contributed by atoms with Gasteiger partial charge >= 0.3 is 0 Å². The molecule has 0 aromatic heterocycles. The molecule has 0 saturated heterocycles. The molecule has 1 aliphatic rings. The Balaban J connectivity index is 2.32. The smallest absolute Gasteiger partial charge is 0.220 e. The first-order valence-corrected chi connectivity index (χ1v) is 6.68. The largest absolute Gasteiger partial charge is 0.396 e. The Labute approximate surface area is 98.6 Å². The van der Waals surface area contributed by atoms with Crippen molar-refractivity contribution in [1.82, 2.24) is 5.32 Å². The SMILES string of the molecule is CCC(NC(=O)CCCO)C1CCCCC1. The summed E-state index contributed by atoms with van der Waals surface area (Å²) in [6, 6.07) is 0.353. The lowest BCUT2D eigenvalue weighted by Crippen LogP contribution is -2.40. The van der Waals surface area contributed by atoms with Crippen LogP contribution in [-0.2, 0) is 4.79 Å². The molecule has 1 amide bonds. The Morgan fingerprint density at radius 3 is 2.62 bits per heavy atom. The number of aliphatic hydroxyl groups excluding tert-OH is 1. The highest BCUT2D eigenvalue weighted by molar-refractivity contribution is 5.76. The molecule has 1 aliphatic carbocycles. The van der Waals surface area contributed by atoms with E-state index in [1.54, 1.807) is 0 Å². The average Bonchev–Trinajstić information content (AvgIpc) is 2.34. The predicted octanol–water partition coefficient (Wildman–Crippen LogP) is 2.23. The average molecular weight is 227 g/mol. The highest BCUT2D eigenvalue weighted by Crippen LogP contribution is 2.27. The van der Waals surface area contributed by atoms with Gasteiger partial charge in [0.1, 0.15) is 0 Å². The van der Waals surface area contributed by atoms with Gasteiger partial charge in [-0.25, -0.2) is 0 Å². The standard InChI is InChI=1S/C13H25NO2/c1-2-12(11-7-4-3-5-8-11)14-13(16)9-6-10-15/h11-12,15H,2-10H2,1H3,(H,14,16). The molecule has 1 unspecified atom stereocenters. The molecule has 1 rings (SSSR count). The lowest BCUT2D eigenvalue weighted by Gasteiger charge is -2.30. The summed E-state index contributed by atoms with van der Waals surface area (Å²) in [5.74, 6) is 0.781. The normalized spacial score (nSPS) is 19.4. The first-order valence-electron chi connectivity index (χ1n) is 6.68. The Morgan fingerprint density at radius 2 is 2.06 bits per heavy atom. The number of rotatable bonds is 6. The molecular formula is C13H25NO2. The lowest BCUT2D eigenvalue weighted by molar-refractivity contribution is -0.122. The van der Waals surface area contributed by atoms with Crippen LogP contribution in [-0.4, -0.2) is 23.7 Å². The van der Waals surface area contributed by atoms with Gasteiger partial charge in [0.05, 0.1) is 0 Å². The third kappa shape index (κ3) is 4.52. The van der Waals surface area contributed by atoms with E-state index in [0.29, 0.717) is 24.8 Å². The molecule has 0 aromatic rings. The van der Waals surface area contributed by atoms with Crippen LogP contribution in [0.2, 0.25) is 0 Å². The van der Waals surface area contributed by atoms with Crippen LogP contribution in [0.3, 0.4) is 0 Å². The first kappa shape index (κ1) is 13.5. The summed E-state index contributed by atoms with van der Waals surface area (Å²) in [5, 5.41) is 11.8. The number of carbonyl (C=O) groups is 1. The van der Waals surface area contributed by atoms with Crippen molar-refractivity contribution in [3.05, 3.63) is 0 Å². The van der Waals surface area contributed by atoms with E-state index in [-0.39, 0.29) is 12.5 Å². The number of carbonyl (C=O) groups excluding carboxylic acids is 1. The molecule has 1 fully saturated rings. The Kier molecular flexibility index (Phi) is 6.46. The summed E-state index contributed by atoms with van der Waals surface area (Å²) in [6.45, 7) is 2.25. The zero-order valence-electron chi connectivity index (χ0n) is 10.4. The van der Waals surface area contributed by atoms with Crippen LogP contribution in [0.1, 0.15) is 58.3 Å². The zero-order valence-corrected chi connectivity index (χ0v) is 10.4. The summed E-state index contributed by atoms with van der Waals surface area (Å²) in [4.78, 5) is 11.6. The van der Waals surface area contributed by atoms with Gasteiger partial charge < -0.3 is 10.4 Å². The van der Waals surface area contributed by atoms with Gasteiger partial charge in [0.25, 0.3) is 0 Å². The van der Waals surface area contributed by atoms with E-state index in [2.05, 4.69) is 12.2 Å². The molecule has 94 valence electrons. The fourth-order valence-corrected chi connectivity index (χ4v) is 2.61. The third-order valence-corrected chi connectivity index (χ3v) is 3.57. The van der Waals surface area contributed by atoms with Crippen LogP contribution in [0.15, 0.2) is 0 Å². The molecule has 2 N–H and O–H groups in total. The van der Waals surface area contributed by atoms with Crippen LogP contribution < -0.4 is 5.32 Å². The van der Waals surface area contributed by atoms with Gasteiger partial charge in [0, 0.05) is 19.1 Å². The topological polar surface area (TPSA) is 49.3 Å². The van der Waals surface area contributed by atoms with Crippen molar-refractivity contribution in [3.63, 3.8) is 0 Å². The first-order chi connectivity index (χ1) is 7.77. The van der Waals surface area contributed by atoms with E-state index >= 15 is 0 Å². The number of aliphatic hydroxyl groups is 1. The van der Waals surface area contributed by atoms with E-state index in [9.17, 15) is 4.79 Å². The second kappa shape index (κ2) is 7.66. The molecule has 0 aliphatic heterocycles. The van der Waals surface area contributed by atoms with E-state index in [0.717, 1.165) is 6.42 Å². The summed E-state index contributed by atoms with van der Waals surface area (Å²) < 4.78 is 0. The minimum absolute atomic E-state index is 0.103. The van der Waals surface area contributed by atoms with E-state index in [4.69, 9.17) is 5.11 Å². The molecule has 0 radical (unpaired) electrons. The van der Waals surface area contributed by atoms with Gasteiger partial charge in [-0.3, -0.25) is 4.79 Å². The van der Waals surface area contributed by atoms with Crippen LogP contribution in [0, 0.1) is 5.92 Å². The minimum Gasteiger partial charge on any atom is -0.396 e. The summed E-state index contributed by atoms with van der Waals surface area (Å²) in [7, 11) is 0. The Bertz CT molecular complexity index is 200. The number of hydrogen-bond acceptors (Lipinski definition) is 2. The molecule has 0 bridgehead atoms. The molecule has 1 saturated carbocycles. The van der Waals surface area contributed by atoms with Crippen molar-refractivity contribution >= 4 is 5.91 Å². The van der Waals surface area contributed by atoms with Crippen LogP contribution >= 0.6 is 0 Å². The molecule has 1 atom stereocenters. The van der Waals surface area contributed by atoms with Crippen molar-refractivity contribution in [2.45, 2.75) is 64.3 Å². The lowest BCUT2D eigenvalue weighted by atomic mass is 9.83. The second-order valence-corrected chi connectivity index (χ2v) is 4.81. The second-order valence-electron chi connectivity index (χ2n) is 4.81. The summed E-state index contributed by atoms with van der Waals surface area (Å²) >= 11 is 0. The van der Waals surface area contributed by atoms with Crippen LogP contribution in [0.4, 0.5) is 0 Å². The van der Waals surface area contributed by atoms with Gasteiger partial charge in [-0.1, -0.05) is 26.2 Å². The maximum absolute atomic E-state index is 11.6. The van der Waals surface area contributed by atoms with Gasteiger partial charge in [-0.2, -0.15) is 0 Å². The minimum atomic E-state index is 0.103. The number of hydrogen-bond donors (Lipinski definition) is 2. The van der Waals surface area contributed by atoms with Crippen molar-refractivity contribution in [3.8, 4) is 0 Å². The van der Waals surface area contributed by atoms with Gasteiger partial charge in [0.2, 0.25) is 5.91 Å². The van der Waals surface area contributed by atoms with E-state index in [1.807, 2.05) is 0 Å². The fraction of sp³-hybridized carbons (Fsp3) is 0.923. The molecule has 3 nitrogen and oxygen atoms in total. The molecule has 0 aromatic carbocycles. The quantitative estimate of drug-likeness (QED) is 0.731. The molecule has 0 heterocycles. The van der Waals surface area contributed by atoms with Crippen molar-refractivity contribution < 1.29 is 9.90 Å². The van der Waals surface area contributed by atoms with Crippen LogP contribution in [0.5, 0.6) is 0 Å². The summed E-state index contributed by atoms with van der Waals surface area (Å²) in [6.07, 6.45) is 8.56. The highest BCUT2D eigenvalue weighted by atomic mass is 16.3. The van der Waals surface area contributed by atoms with Crippen molar-refractivity contribution in [1.29, 1.82) is 0 Å². The highest BCUT2D eigenvalue weighted by Gasteiger charge is 2.23. The van der Waals surface area contributed by atoms with Crippen molar-refractivity contribution in [2.75, 3.05) is 6.61 Å². The number of nitrogens with one attached hydrogen (secondary N) is 1. The Hall–Kier alpha value is -0.570.